The van der Waals surface area contributed by atoms with Crippen LogP contribution >= 0.6 is 11.3 Å². The van der Waals surface area contributed by atoms with Crippen molar-refractivity contribution >= 4 is 17.2 Å². The molecule has 2 heterocycles. The maximum atomic E-state index is 12.1. The molecule has 0 bridgehead atoms. The topological polar surface area (TPSA) is 70.7 Å². The van der Waals surface area contributed by atoms with Crippen LogP contribution in [0.1, 0.15) is 21.1 Å². The molecule has 6 heteroatoms. The first-order chi connectivity index (χ1) is 10.2. The zero-order valence-corrected chi connectivity index (χ0v) is 12.3. The Morgan fingerprint density at radius 2 is 2.14 bits per heavy atom. The van der Waals surface area contributed by atoms with E-state index in [4.69, 9.17) is 0 Å². The highest BCUT2D eigenvalue weighted by Crippen LogP contribution is 2.24. The predicted octanol–water partition coefficient (Wildman–Crippen LogP) is 2.77. The largest absolute Gasteiger partial charge is 0.346 e. The summed E-state index contributed by atoms with van der Waals surface area (Å²) < 4.78 is 0. The molecule has 1 aromatic carbocycles. The summed E-state index contributed by atoms with van der Waals surface area (Å²) in [5, 5.41) is 10.6. The van der Waals surface area contributed by atoms with Crippen LogP contribution in [0.5, 0.6) is 0 Å². The van der Waals surface area contributed by atoms with Gasteiger partial charge in [-0.2, -0.15) is 5.10 Å². The summed E-state index contributed by atoms with van der Waals surface area (Å²) in [5.74, 6) is -0.129. The van der Waals surface area contributed by atoms with Gasteiger partial charge in [-0.1, -0.05) is 30.3 Å². The van der Waals surface area contributed by atoms with Crippen LogP contribution in [-0.2, 0) is 6.54 Å². The Kier molecular flexibility index (Phi) is 3.79. The SMILES string of the molecule is Cc1cc(CNC(=O)c2cnc(-c3ccccc3)s2)n[nH]1. The minimum absolute atomic E-state index is 0.129. The first-order valence-electron chi connectivity index (χ1n) is 6.53. The van der Waals surface area contributed by atoms with Crippen molar-refractivity contribution in [2.45, 2.75) is 13.5 Å². The molecule has 0 aliphatic rings. The first-order valence-corrected chi connectivity index (χ1v) is 7.34. The standard InChI is InChI=1S/C15H14N4OS/c1-10-7-12(19-18-10)8-16-14(20)13-9-17-15(21-13)11-5-3-2-4-6-11/h2-7,9H,8H2,1H3,(H,16,20)(H,18,19). The maximum Gasteiger partial charge on any atom is 0.263 e. The molecule has 21 heavy (non-hydrogen) atoms. The van der Waals surface area contributed by atoms with Crippen LogP contribution in [0, 0.1) is 6.92 Å². The van der Waals surface area contributed by atoms with Crippen LogP contribution in [0.4, 0.5) is 0 Å². The highest BCUT2D eigenvalue weighted by molar-refractivity contribution is 7.16. The number of hydrogen-bond donors (Lipinski definition) is 2. The van der Waals surface area contributed by atoms with E-state index in [1.165, 1.54) is 11.3 Å². The monoisotopic (exact) mass is 298 g/mol. The van der Waals surface area contributed by atoms with Crippen LogP contribution in [0.2, 0.25) is 0 Å². The van der Waals surface area contributed by atoms with E-state index in [1.807, 2.05) is 43.3 Å². The second kappa shape index (κ2) is 5.88. The number of thiazole rings is 1. The number of amides is 1. The predicted molar refractivity (Wildman–Crippen MR) is 82.0 cm³/mol. The van der Waals surface area contributed by atoms with Crippen molar-refractivity contribution in [1.82, 2.24) is 20.5 Å². The second-order valence-corrected chi connectivity index (χ2v) is 5.65. The van der Waals surface area contributed by atoms with Gasteiger partial charge in [0.2, 0.25) is 0 Å². The third-order valence-corrected chi connectivity index (χ3v) is 3.98. The lowest BCUT2D eigenvalue weighted by molar-refractivity contribution is 0.0954. The van der Waals surface area contributed by atoms with E-state index in [-0.39, 0.29) is 5.91 Å². The lowest BCUT2D eigenvalue weighted by atomic mass is 10.2. The van der Waals surface area contributed by atoms with Crippen LogP contribution < -0.4 is 5.32 Å². The molecule has 0 unspecified atom stereocenters. The molecule has 0 atom stereocenters. The van der Waals surface area contributed by atoms with Gasteiger partial charge in [-0.05, 0) is 13.0 Å². The Morgan fingerprint density at radius 1 is 1.33 bits per heavy atom. The van der Waals surface area contributed by atoms with E-state index in [0.717, 1.165) is 22.0 Å². The molecule has 0 saturated heterocycles. The molecular formula is C15H14N4OS. The van der Waals surface area contributed by atoms with Gasteiger partial charge < -0.3 is 5.32 Å². The minimum Gasteiger partial charge on any atom is -0.346 e. The number of benzene rings is 1. The van der Waals surface area contributed by atoms with E-state index in [2.05, 4.69) is 20.5 Å². The van der Waals surface area contributed by atoms with Crippen molar-refractivity contribution in [2.75, 3.05) is 0 Å². The molecule has 2 N–H and O–H groups in total. The number of hydrogen-bond acceptors (Lipinski definition) is 4. The third kappa shape index (κ3) is 3.17. The average molecular weight is 298 g/mol. The highest BCUT2D eigenvalue weighted by atomic mass is 32.1. The molecule has 0 saturated carbocycles. The van der Waals surface area contributed by atoms with E-state index >= 15 is 0 Å². The number of rotatable bonds is 4. The summed E-state index contributed by atoms with van der Waals surface area (Å²) in [5.41, 5.74) is 2.81. The minimum atomic E-state index is -0.129. The van der Waals surface area contributed by atoms with Gasteiger partial charge in [0.05, 0.1) is 18.4 Å². The Morgan fingerprint density at radius 3 is 2.86 bits per heavy atom. The molecule has 0 aliphatic carbocycles. The molecule has 0 fully saturated rings. The zero-order chi connectivity index (χ0) is 14.7. The van der Waals surface area contributed by atoms with E-state index in [1.54, 1.807) is 6.20 Å². The van der Waals surface area contributed by atoms with Gasteiger partial charge in [-0.25, -0.2) is 4.98 Å². The number of nitrogens with zero attached hydrogens (tertiary/aromatic N) is 2. The molecule has 5 nitrogen and oxygen atoms in total. The normalized spacial score (nSPS) is 10.5. The third-order valence-electron chi connectivity index (χ3n) is 2.94. The van der Waals surface area contributed by atoms with Crippen molar-refractivity contribution in [3.8, 4) is 10.6 Å². The molecule has 3 rings (SSSR count). The lowest BCUT2D eigenvalue weighted by Crippen LogP contribution is -2.21. The van der Waals surface area contributed by atoms with Crippen LogP contribution in [0.3, 0.4) is 0 Å². The van der Waals surface area contributed by atoms with Gasteiger partial charge in [0.15, 0.2) is 0 Å². The Balaban J connectivity index is 1.67. The Labute approximate surface area is 126 Å². The van der Waals surface area contributed by atoms with Crippen molar-refractivity contribution in [3.63, 3.8) is 0 Å². The molecule has 0 radical (unpaired) electrons. The average Bonchev–Trinajstić information content (AvgIpc) is 3.15. The lowest BCUT2D eigenvalue weighted by Gasteiger charge is -1.99. The fourth-order valence-electron chi connectivity index (χ4n) is 1.92. The van der Waals surface area contributed by atoms with Crippen LogP contribution in [0.25, 0.3) is 10.6 Å². The molecule has 106 valence electrons. The summed E-state index contributed by atoms with van der Waals surface area (Å²) in [6.45, 7) is 2.33. The van der Waals surface area contributed by atoms with Gasteiger partial charge >= 0.3 is 0 Å². The summed E-state index contributed by atoms with van der Waals surface area (Å²) in [7, 11) is 0. The van der Waals surface area contributed by atoms with E-state index in [0.29, 0.717) is 11.4 Å². The fourth-order valence-corrected chi connectivity index (χ4v) is 2.75. The number of carbonyl (C=O) groups is 1. The first kappa shape index (κ1) is 13.5. The molecule has 0 aliphatic heterocycles. The maximum absolute atomic E-state index is 12.1. The number of H-pyrrole nitrogens is 1. The number of aromatic nitrogens is 3. The van der Waals surface area contributed by atoms with E-state index in [9.17, 15) is 4.79 Å². The number of aryl methyl sites for hydroxylation is 1. The summed E-state index contributed by atoms with van der Waals surface area (Å²) in [6, 6.07) is 11.7. The van der Waals surface area contributed by atoms with Crippen LogP contribution in [0.15, 0.2) is 42.6 Å². The summed E-state index contributed by atoms with van der Waals surface area (Å²) >= 11 is 1.38. The smallest absolute Gasteiger partial charge is 0.263 e. The number of carbonyl (C=O) groups excluding carboxylic acids is 1. The van der Waals surface area contributed by atoms with Crippen molar-refractivity contribution in [2.24, 2.45) is 0 Å². The van der Waals surface area contributed by atoms with Gasteiger partial charge in [0, 0.05) is 11.3 Å². The number of nitrogens with one attached hydrogen (secondary N) is 2. The van der Waals surface area contributed by atoms with Gasteiger partial charge in [0.25, 0.3) is 5.91 Å². The van der Waals surface area contributed by atoms with Crippen LogP contribution in [-0.4, -0.2) is 21.1 Å². The van der Waals surface area contributed by atoms with Gasteiger partial charge in [-0.3, -0.25) is 9.89 Å². The molecule has 2 aromatic heterocycles. The molecule has 0 spiro atoms. The van der Waals surface area contributed by atoms with Crippen molar-refractivity contribution < 1.29 is 4.79 Å². The molecule has 3 aromatic rings. The highest BCUT2D eigenvalue weighted by Gasteiger charge is 2.11. The van der Waals surface area contributed by atoms with Gasteiger partial charge in [0.1, 0.15) is 9.88 Å². The quantitative estimate of drug-likeness (QED) is 0.778. The molecular weight excluding hydrogens is 284 g/mol. The Bertz CT molecular complexity index is 748. The summed E-state index contributed by atoms with van der Waals surface area (Å²) in [6.07, 6.45) is 1.61. The van der Waals surface area contributed by atoms with Gasteiger partial charge in [-0.15, -0.1) is 11.3 Å². The van der Waals surface area contributed by atoms with Crippen molar-refractivity contribution in [1.29, 1.82) is 0 Å². The van der Waals surface area contributed by atoms with E-state index < -0.39 is 0 Å². The second-order valence-electron chi connectivity index (χ2n) is 4.62. The fraction of sp³-hybridized carbons (Fsp3) is 0.133. The Hall–Kier alpha value is -2.47. The molecule has 1 amide bonds. The zero-order valence-electron chi connectivity index (χ0n) is 11.5. The number of aromatic amines is 1. The summed E-state index contributed by atoms with van der Waals surface area (Å²) in [4.78, 5) is 17.0. The van der Waals surface area contributed by atoms with Crippen molar-refractivity contribution in [3.05, 3.63) is 58.9 Å².